The van der Waals surface area contributed by atoms with Gasteiger partial charge in [0.15, 0.2) is 0 Å². The zero-order valence-electron chi connectivity index (χ0n) is 9.90. The molecule has 0 spiro atoms. The first-order valence-electron chi connectivity index (χ1n) is 5.59. The number of amides is 1. The fourth-order valence-corrected chi connectivity index (χ4v) is 1.39. The number of carbonyl (C=O) groups is 1. The predicted octanol–water partition coefficient (Wildman–Crippen LogP) is 0.780. The van der Waals surface area contributed by atoms with Gasteiger partial charge in [0.1, 0.15) is 5.75 Å². The number of rotatable bonds is 6. The van der Waals surface area contributed by atoms with Crippen LogP contribution in [0.4, 0.5) is 5.69 Å². The summed E-state index contributed by atoms with van der Waals surface area (Å²) in [6, 6.07) is 4.92. The molecule has 1 amide bonds. The molecular formula is C12H18N2O3. The standard InChI is InChI=1S/C12H18N2O3/c1-2-17-11-7-9(6-10(13)8-11)12(16)14-4-3-5-15/h6-8,15H,2-5,13H2,1H3,(H,14,16). The Morgan fingerprint density at radius 2 is 2.24 bits per heavy atom. The van der Waals surface area contributed by atoms with E-state index in [9.17, 15) is 4.79 Å². The summed E-state index contributed by atoms with van der Waals surface area (Å²) in [5, 5.41) is 11.3. The second-order valence-electron chi connectivity index (χ2n) is 3.56. The normalized spacial score (nSPS) is 10.0. The molecule has 0 aromatic heterocycles. The summed E-state index contributed by atoms with van der Waals surface area (Å²) < 4.78 is 5.30. The number of ether oxygens (including phenoxy) is 1. The smallest absolute Gasteiger partial charge is 0.251 e. The fourth-order valence-electron chi connectivity index (χ4n) is 1.39. The van der Waals surface area contributed by atoms with E-state index in [-0.39, 0.29) is 12.5 Å². The highest BCUT2D eigenvalue weighted by atomic mass is 16.5. The molecular weight excluding hydrogens is 220 g/mol. The van der Waals surface area contributed by atoms with Crippen LogP contribution in [0.25, 0.3) is 0 Å². The summed E-state index contributed by atoms with van der Waals surface area (Å²) in [5.74, 6) is 0.367. The number of nitrogens with one attached hydrogen (secondary N) is 1. The number of hydrogen-bond donors (Lipinski definition) is 3. The second kappa shape index (κ2) is 6.75. The molecule has 0 saturated carbocycles. The molecule has 0 radical (unpaired) electrons. The van der Waals surface area contributed by atoms with Gasteiger partial charge in [-0.2, -0.15) is 0 Å². The van der Waals surface area contributed by atoms with Gasteiger partial charge in [0, 0.05) is 30.5 Å². The molecule has 0 aliphatic rings. The molecule has 0 heterocycles. The lowest BCUT2D eigenvalue weighted by molar-refractivity contribution is 0.0950. The molecule has 1 aromatic carbocycles. The number of carbonyl (C=O) groups excluding carboxylic acids is 1. The van der Waals surface area contributed by atoms with Crippen molar-refractivity contribution >= 4 is 11.6 Å². The van der Waals surface area contributed by atoms with Gasteiger partial charge in [0.05, 0.1) is 6.61 Å². The van der Waals surface area contributed by atoms with Gasteiger partial charge in [-0.05, 0) is 25.5 Å². The van der Waals surface area contributed by atoms with Crippen LogP contribution in [0.1, 0.15) is 23.7 Å². The Bertz CT molecular complexity index is 380. The maximum atomic E-state index is 11.7. The lowest BCUT2D eigenvalue weighted by atomic mass is 10.1. The molecule has 1 rings (SSSR count). The monoisotopic (exact) mass is 238 g/mol. The lowest BCUT2D eigenvalue weighted by Crippen LogP contribution is -2.25. The van der Waals surface area contributed by atoms with Crippen LogP contribution in [0.15, 0.2) is 18.2 Å². The number of nitrogen functional groups attached to an aromatic ring is 1. The van der Waals surface area contributed by atoms with E-state index < -0.39 is 0 Å². The molecule has 4 N–H and O–H groups in total. The fraction of sp³-hybridized carbons (Fsp3) is 0.417. The van der Waals surface area contributed by atoms with Crippen LogP contribution in [0.2, 0.25) is 0 Å². The van der Waals surface area contributed by atoms with E-state index in [1.54, 1.807) is 18.2 Å². The minimum Gasteiger partial charge on any atom is -0.494 e. The first-order valence-corrected chi connectivity index (χ1v) is 5.59. The molecule has 5 nitrogen and oxygen atoms in total. The molecule has 0 aliphatic heterocycles. The van der Waals surface area contributed by atoms with Crippen molar-refractivity contribution in [2.75, 3.05) is 25.5 Å². The molecule has 0 aliphatic carbocycles. The summed E-state index contributed by atoms with van der Waals surface area (Å²) in [6.45, 7) is 2.88. The number of hydrogen-bond acceptors (Lipinski definition) is 4. The summed E-state index contributed by atoms with van der Waals surface area (Å²) in [4.78, 5) is 11.7. The average Bonchev–Trinajstić information content (AvgIpc) is 2.29. The Labute approximate surface area is 101 Å². The van der Waals surface area contributed by atoms with Crippen molar-refractivity contribution in [2.45, 2.75) is 13.3 Å². The second-order valence-corrected chi connectivity index (χ2v) is 3.56. The van der Waals surface area contributed by atoms with E-state index in [0.717, 1.165) is 0 Å². The molecule has 0 saturated heterocycles. The van der Waals surface area contributed by atoms with Gasteiger partial charge in [-0.3, -0.25) is 4.79 Å². The van der Waals surface area contributed by atoms with Crippen molar-refractivity contribution in [3.05, 3.63) is 23.8 Å². The minimum atomic E-state index is -0.216. The molecule has 0 bridgehead atoms. The number of aliphatic hydroxyl groups is 1. The summed E-state index contributed by atoms with van der Waals surface area (Å²) in [7, 11) is 0. The van der Waals surface area contributed by atoms with Crippen LogP contribution in [0, 0.1) is 0 Å². The van der Waals surface area contributed by atoms with Crippen LogP contribution >= 0.6 is 0 Å². The first-order chi connectivity index (χ1) is 8.17. The minimum absolute atomic E-state index is 0.0569. The maximum absolute atomic E-state index is 11.7. The molecule has 0 atom stereocenters. The van der Waals surface area contributed by atoms with E-state index in [4.69, 9.17) is 15.6 Å². The van der Waals surface area contributed by atoms with Gasteiger partial charge in [0.2, 0.25) is 0 Å². The number of anilines is 1. The van der Waals surface area contributed by atoms with Gasteiger partial charge in [-0.25, -0.2) is 0 Å². The van der Waals surface area contributed by atoms with Crippen molar-refractivity contribution in [3.8, 4) is 5.75 Å². The molecule has 5 heteroatoms. The number of benzene rings is 1. The molecule has 0 fully saturated rings. The van der Waals surface area contributed by atoms with Gasteiger partial charge >= 0.3 is 0 Å². The van der Waals surface area contributed by atoms with Gasteiger partial charge in [0.25, 0.3) is 5.91 Å². The van der Waals surface area contributed by atoms with Crippen LogP contribution < -0.4 is 15.8 Å². The summed E-state index contributed by atoms with van der Waals surface area (Å²) in [5.41, 5.74) is 6.64. The highest BCUT2D eigenvalue weighted by Gasteiger charge is 2.07. The van der Waals surface area contributed by atoms with Crippen molar-refractivity contribution in [1.82, 2.24) is 5.32 Å². The Morgan fingerprint density at radius 1 is 1.47 bits per heavy atom. The quantitative estimate of drug-likeness (QED) is 0.505. The van der Waals surface area contributed by atoms with E-state index in [1.165, 1.54) is 0 Å². The third kappa shape index (κ3) is 4.32. The molecule has 17 heavy (non-hydrogen) atoms. The third-order valence-corrected chi connectivity index (χ3v) is 2.12. The summed E-state index contributed by atoms with van der Waals surface area (Å²) in [6.07, 6.45) is 0.534. The highest BCUT2D eigenvalue weighted by molar-refractivity contribution is 5.95. The third-order valence-electron chi connectivity index (χ3n) is 2.12. The molecule has 0 unspecified atom stereocenters. The zero-order valence-corrected chi connectivity index (χ0v) is 9.90. The van der Waals surface area contributed by atoms with Gasteiger partial charge in [-0.15, -0.1) is 0 Å². The highest BCUT2D eigenvalue weighted by Crippen LogP contribution is 2.18. The zero-order chi connectivity index (χ0) is 12.7. The average molecular weight is 238 g/mol. The van der Waals surface area contributed by atoms with Crippen molar-refractivity contribution in [2.24, 2.45) is 0 Å². The Morgan fingerprint density at radius 3 is 2.88 bits per heavy atom. The van der Waals surface area contributed by atoms with E-state index in [0.29, 0.717) is 36.6 Å². The maximum Gasteiger partial charge on any atom is 0.251 e. The molecule has 1 aromatic rings. The van der Waals surface area contributed by atoms with E-state index in [2.05, 4.69) is 5.32 Å². The lowest BCUT2D eigenvalue weighted by Gasteiger charge is -2.08. The largest absolute Gasteiger partial charge is 0.494 e. The number of aliphatic hydroxyl groups excluding tert-OH is 1. The van der Waals surface area contributed by atoms with Crippen LogP contribution in [-0.4, -0.2) is 30.8 Å². The Kier molecular flexibility index (Phi) is 5.29. The van der Waals surface area contributed by atoms with Gasteiger partial charge < -0.3 is 20.9 Å². The van der Waals surface area contributed by atoms with Crippen LogP contribution in [-0.2, 0) is 0 Å². The van der Waals surface area contributed by atoms with Crippen molar-refractivity contribution in [1.29, 1.82) is 0 Å². The van der Waals surface area contributed by atoms with Crippen molar-refractivity contribution in [3.63, 3.8) is 0 Å². The predicted molar refractivity (Wildman–Crippen MR) is 66.1 cm³/mol. The van der Waals surface area contributed by atoms with E-state index in [1.807, 2.05) is 6.92 Å². The van der Waals surface area contributed by atoms with Crippen LogP contribution in [0.3, 0.4) is 0 Å². The molecule has 94 valence electrons. The Balaban J connectivity index is 2.71. The van der Waals surface area contributed by atoms with E-state index >= 15 is 0 Å². The van der Waals surface area contributed by atoms with Crippen LogP contribution in [0.5, 0.6) is 5.75 Å². The van der Waals surface area contributed by atoms with Crippen molar-refractivity contribution < 1.29 is 14.6 Å². The first kappa shape index (κ1) is 13.3. The SMILES string of the molecule is CCOc1cc(N)cc(C(=O)NCCCO)c1. The summed E-state index contributed by atoms with van der Waals surface area (Å²) >= 11 is 0. The Hall–Kier alpha value is -1.75. The topological polar surface area (TPSA) is 84.6 Å². The van der Waals surface area contributed by atoms with Gasteiger partial charge in [-0.1, -0.05) is 0 Å². The number of nitrogens with two attached hydrogens (primary N) is 1.